The Labute approximate surface area is 92.8 Å². The van der Waals surface area contributed by atoms with Gasteiger partial charge in [-0.2, -0.15) is 0 Å². The van der Waals surface area contributed by atoms with Gasteiger partial charge >= 0.3 is 0 Å². The third-order valence-corrected chi connectivity index (χ3v) is 1.93. The second-order valence-electron chi connectivity index (χ2n) is 2.94. The van der Waals surface area contributed by atoms with Gasteiger partial charge in [-0.15, -0.1) is 12.4 Å². The van der Waals surface area contributed by atoms with E-state index < -0.39 is 17.6 Å². The van der Waals surface area contributed by atoms with Crippen LogP contribution in [0.3, 0.4) is 0 Å². The van der Waals surface area contributed by atoms with Gasteiger partial charge in [0.2, 0.25) is 0 Å². The van der Waals surface area contributed by atoms with E-state index >= 15 is 0 Å². The van der Waals surface area contributed by atoms with Crippen LogP contribution in [0.2, 0.25) is 0 Å². The minimum absolute atomic E-state index is 0. The Balaban J connectivity index is 0.00000196. The summed E-state index contributed by atoms with van der Waals surface area (Å²) in [6.45, 7) is -0.524. The maximum absolute atomic E-state index is 12.0. The number of benzene rings is 1. The number of nitro groups is 1. The first kappa shape index (κ1) is 13.8. The second kappa shape index (κ2) is 6.31. The zero-order valence-electron chi connectivity index (χ0n) is 7.93. The summed E-state index contributed by atoms with van der Waals surface area (Å²) in [4.78, 5) is 9.93. The average molecular weight is 235 g/mol. The monoisotopic (exact) mass is 234 g/mol. The number of nitrogens with zero attached hydrogens (tertiary/aromatic N) is 1. The number of non-ortho nitro benzene ring substituents is 1. The molecule has 0 amide bonds. The summed E-state index contributed by atoms with van der Waals surface area (Å²) in [7, 11) is 0. The number of halogens is 2. The minimum atomic E-state index is -0.524. The van der Waals surface area contributed by atoms with Crippen LogP contribution in [-0.2, 0) is 0 Å². The lowest BCUT2D eigenvalue weighted by Crippen LogP contribution is -2.11. The third-order valence-electron chi connectivity index (χ3n) is 1.93. The molecule has 0 radical (unpaired) electrons. The summed E-state index contributed by atoms with van der Waals surface area (Å²) in [5.41, 5.74) is 6.19. The van der Waals surface area contributed by atoms with E-state index in [2.05, 4.69) is 0 Å². The largest absolute Gasteiger partial charge is 0.324 e. The first-order chi connectivity index (χ1) is 6.65. The summed E-state index contributed by atoms with van der Waals surface area (Å²) in [6, 6.07) is 5.49. The average Bonchev–Trinajstić information content (AvgIpc) is 2.18. The number of nitro benzene ring substituents is 1. The van der Waals surface area contributed by atoms with Crippen molar-refractivity contribution in [2.45, 2.75) is 12.5 Å². The highest BCUT2D eigenvalue weighted by molar-refractivity contribution is 5.85. The van der Waals surface area contributed by atoms with E-state index in [4.69, 9.17) is 5.73 Å². The highest BCUT2D eigenvalue weighted by Crippen LogP contribution is 2.19. The Hall–Kier alpha value is -1.20. The Bertz CT molecular complexity index is 336. The molecule has 1 aromatic rings. The van der Waals surface area contributed by atoms with Crippen LogP contribution in [0, 0.1) is 10.1 Å². The van der Waals surface area contributed by atoms with Crippen LogP contribution in [-0.4, -0.2) is 11.6 Å². The molecule has 0 fully saturated rings. The van der Waals surface area contributed by atoms with Gasteiger partial charge in [-0.3, -0.25) is 14.5 Å². The molecular weight excluding hydrogens is 223 g/mol. The summed E-state index contributed by atoms with van der Waals surface area (Å²) in [6.07, 6.45) is 0.182. The first-order valence-corrected chi connectivity index (χ1v) is 4.21. The van der Waals surface area contributed by atoms with Crippen LogP contribution in [0.25, 0.3) is 0 Å². The molecule has 0 spiro atoms. The lowest BCUT2D eigenvalue weighted by Gasteiger charge is -2.08. The molecular formula is C9H12ClFN2O2. The molecule has 0 heterocycles. The normalized spacial score (nSPS) is 11.6. The predicted octanol–water partition coefficient (Wildman–Crippen LogP) is 2.38. The SMILES string of the molecule is Cl.N[C@@H](CCF)c1cccc([N+](=O)[O-])c1. The fraction of sp³-hybridized carbons (Fsp3) is 0.333. The summed E-state index contributed by atoms with van der Waals surface area (Å²) in [5.74, 6) is 0. The quantitative estimate of drug-likeness (QED) is 0.642. The maximum Gasteiger partial charge on any atom is 0.269 e. The summed E-state index contributed by atoms with van der Waals surface area (Å²) in [5, 5.41) is 10.4. The first-order valence-electron chi connectivity index (χ1n) is 4.21. The van der Waals surface area contributed by atoms with E-state index in [0.29, 0.717) is 5.56 Å². The Morgan fingerprint density at radius 1 is 1.53 bits per heavy atom. The van der Waals surface area contributed by atoms with Gasteiger partial charge < -0.3 is 5.73 Å². The predicted molar refractivity (Wildman–Crippen MR) is 57.9 cm³/mol. The number of hydrogen-bond donors (Lipinski definition) is 1. The molecule has 0 aliphatic carbocycles. The van der Waals surface area contributed by atoms with Crippen molar-refractivity contribution in [1.82, 2.24) is 0 Å². The molecule has 0 saturated carbocycles. The molecule has 0 saturated heterocycles. The molecule has 6 heteroatoms. The van der Waals surface area contributed by atoms with Crippen LogP contribution in [0.4, 0.5) is 10.1 Å². The van der Waals surface area contributed by atoms with Crippen molar-refractivity contribution in [3.05, 3.63) is 39.9 Å². The van der Waals surface area contributed by atoms with Gasteiger partial charge in [0.25, 0.3) is 5.69 Å². The van der Waals surface area contributed by atoms with Crippen molar-refractivity contribution < 1.29 is 9.31 Å². The molecule has 0 unspecified atom stereocenters. The molecule has 0 aromatic heterocycles. The Morgan fingerprint density at radius 2 is 2.20 bits per heavy atom. The van der Waals surface area contributed by atoms with E-state index in [0.717, 1.165) is 0 Å². The summed E-state index contributed by atoms with van der Waals surface area (Å²) >= 11 is 0. The van der Waals surface area contributed by atoms with Crippen LogP contribution in [0.1, 0.15) is 18.0 Å². The maximum atomic E-state index is 12.0. The fourth-order valence-corrected chi connectivity index (χ4v) is 1.15. The molecule has 1 rings (SSSR count). The van der Waals surface area contributed by atoms with Crippen molar-refractivity contribution in [2.24, 2.45) is 5.73 Å². The van der Waals surface area contributed by atoms with Crippen LogP contribution in [0.5, 0.6) is 0 Å². The van der Waals surface area contributed by atoms with Gasteiger partial charge in [-0.25, -0.2) is 0 Å². The number of nitrogens with two attached hydrogens (primary N) is 1. The molecule has 15 heavy (non-hydrogen) atoms. The van der Waals surface area contributed by atoms with Gasteiger partial charge in [-0.05, 0) is 12.0 Å². The Morgan fingerprint density at radius 3 is 2.73 bits per heavy atom. The highest BCUT2D eigenvalue weighted by Gasteiger charge is 2.10. The molecule has 0 aliphatic rings. The van der Waals surface area contributed by atoms with E-state index in [1.54, 1.807) is 12.1 Å². The number of hydrogen-bond acceptors (Lipinski definition) is 3. The molecule has 84 valence electrons. The van der Waals surface area contributed by atoms with Gasteiger partial charge in [0.1, 0.15) is 0 Å². The van der Waals surface area contributed by atoms with Crippen molar-refractivity contribution >= 4 is 18.1 Å². The zero-order chi connectivity index (χ0) is 10.6. The highest BCUT2D eigenvalue weighted by atomic mass is 35.5. The lowest BCUT2D eigenvalue weighted by atomic mass is 10.0. The lowest BCUT2D eigenvalue weighted by molar-refractivity contribution is -0.384. The third kappa shape index (κ3) is 3.81. The number of alkyl halides is 1. The van der Waals surface area contributed by atoms with Crippen LogP contribution < -0.4 is 5.73 Å². The van der Waals surface area contributed by atoms with Gasteiger partial charge in [0.15, 0.2) is 0 Å². The van der Waals surface area contributed by atoms with Crippen molar-refractivity contribution in [1.29, 1.82) is 0 Å². The van der Waals surface area contributed by atoms with E-state index in [9.17, 15) is 14.5 Å². The van der Waals surface area contributed by atoms with E-state index in [1.165, 1.54) is 12.1 Å². The van der Waals surface area contributed by atoms with E-state index in [-0.39, 0.29) is 24.5 Å². The molecule has 1 aromatic carbocycles. The standard InChI is InChI=1S/C9H11FN2O2.ClH/c10-5-4-9(11)7-2-1-3-8(6-7)12(13)14;/h1-3,6,9H,4-5,11H2;1H/t9-;/m0./s1. The topological polar surface area (TPSA) is 69.2 Å². The van der Waals surface area contributed by atoms with Crippen LogP contribution >= 0.6 is 12.4 Å². The molecule has 0 aliphatic heterocycles. The van der Waals surface area contributed by atoms with Crippen molar-refractivity contribution in [3.8, 4) is 0 Å². The van der Waals surface area contributed by atoms with Gasteiger partial charge in [0, 0.05) is 18.2 Å². The van der Waals surface area contributed by atoms with Gasteiger partial charge in [-0.1, -0.05) is 12.1 Å². The van der Waals surface area contributed by atoms with E-state index in [1.807, 2.05) is 0 Å². The number of rotatable bonds is 4. The Kier molecular flexibility index (Phi) is 5.81. The minimum Gasteiger partial charge on any atom is -0.324 e. The molecule has 1 atom stereocenters. The molecule has 2 N–H and O–H groups in total. The fourth-order valence-electron chi connectivity index (χ4n) is 1.15. The van der Waals surface area contributed by atoms with Crippen molar-refractivity contribution in [3.63, 3.8) is 0 Å². The summed E-state index contributed by atoms with van der Waals surface area (Å²) < 4.78 is 12.0. The molecule has 0 bridgehead atoms. The van der Waals surface area contributed by atoms with Crippen LogP contribution in [0.15, 0.2) is 24.3 Å². The van der Waals surface area contributed by atoms with Gasteiger partial charge in [0.05, 0.1) is 11.6 Å². The second-order valence-corrected chi connectivity index (χ2v) is 2.94. The zero-order valence-corrected chi connectivity index (χ0v) is 8.74. The smallest absolute Gasteiger partial charge is 0.269 e. The van der Waals surface area contributed by atoms with Crippen molar-refractivity contribution in [2.75, 3.05) is 6.67 Å². The molecule has 4 nitrogen and oxygen atoms in total.